The molecule has 1 N–H and O–H groups in total. The summed E-state index contributed by atoms with van der Waals surface area (Å²) in [6.07, 6.45) is -0.799. The molecule has 114 valence electrons. The zero-order valence-corrected chi connectivity index (χ0v) is 12.2. The van der Waals surface area contributed by atoms with E-state index in [1.165, 1.54) is 7.11 Å². The van der Waals surface area contributed by atoms with Crippen molar-refractivity contribution >= 4 is 11.6 Å². The average Bonchev–Trinajstić information content (AvgIpc) is 2.50. The minimum atomic E-state index is -1.63. The van der Waals surface area contributed by atoms with E-state index in [1.807, 2.05) is 0 Å². The molecule has 21 heavy (non-hydrogen) atoms. The van der Waals surface area contributed by atoms with Gasteiger partial charge < -0.3 is 14.6 Å². The molecule has 2 rings (SSSR count). The highest BCUT2D eigenvalue weighted by Crippen LogP contribution is 2.31. The van der Waals surface area contributed by atoms with Gasteiger partial charge in [-0.1, -0.05) is 30.3 Å². The largest absolute Gasteiger partial charge is 0.379 e. The van der Waals surface area contributed by atoms with Crippen LogP contribution in [0.1, 0.15) is 36.5 Å². The molecular weight excluding hydrogens is 272 g/mol. The molecule has 0 bridgehead atoms. The molecule has 5 nitrogen and oxygen atoms in total. The molecule has 0 spiro atoms. The van der Waals surface area contributed by atoms with Crippen LogP contribution >= 0.6 is 0 Å². The van der Waals surface area contributed by atoms with E-state index in [-0.39, 0.29) is 18.6 Å². The second kappa shape index (κ2) is 6.47. The summed E-state index contributed by atoms with van der Waals surface area (Å²) >= 11 is 0. The molecule has 5 heteroatoms. The Kier molecular flexibility index (Phi) is 4.88. The van der Waals surface area contributed by atoms with Crippen LogP contribution in [0.4, 0.5) is 0 Å². The first-order valence-electron chi connectivity index (χ1n) is 6.99. The van der Waals surface area contributed by atoms with Gasteiger partial charge in [0.15, 0.2) is 17.9 Å². The zero-order chi connectivity index (χ0) is 15.5. The number of hydrogen-bond donors (Lipinski definition) is 1. The van der Waals surface area contributed by atoms with Crippen LogP contribution in [-0.4, -0.2) is 41.8 Å². The predicted octanol–water partition coefficient (Wildman–Crippen LogP) is 1.73. The van der Waals surface area contributed by atoms with Gasteiger partial charge in [-0.25, -0.2) is 0 Å². The quantitative estimate of drug-likeness (QED) is 0.661. The van der Waals surface area contributed by atoms with Gasteiger partial charge in [0.1, 0.15) is 5.60 Å². The highest BCUT2D eigenvalue weighted by Gasteiger charge is 2.46. The van der Waals surface area contributed by atoms with E-state index >= 15 is 0 Å². The van der Waals surface area contributed by atoms with Crippen LogP contribution in [0.3, 0.4) is 0 Å². The molecule has 1 aromatic carbocycles. The number of rotatable bonds is 5. The van der Waals surface area contributed by atoms with Gasteiger partial charge in [-0.15, -0.1) is 0 Å². The molecule has 0 unspecified atom stereocenters. The van der Waals surface area contributed by atoms with Gasteiger partial charge in [0.2, 0.25) is 0 Å². The summed E-state index contributed by atoms with van der Waals surface area (Å²) in [7, 11) is 1.52. The lowest BCUT2D eigenvalue weighted by molar-refractivity contribution is -0.234. The van der Waals surface area contributed by atoms with Crippen LogP contribution in [0, 0.1) is 0 Å². The number of Topliss-reactive ketones (excluding diaryl/α,β-unsaturated/α-hetero) is 2. The van der Waals surface area contributed by atoms with Crippen molar-refractivity contribution in [1.29, 1.82) is 0 Å². The summed E-state index contributed by atoms with van der Waals surface area (Å²) < 4.78 is 10.5. The Morgan fingerprint density at radius 2 is 2.05 bits per heavy atom. The van der Waals surface area contributed by atoms with Gasteiger partial charge in [-0.3, -0.25) is 9.59 Å². The van der Waals surface area contributed by atoms with E-state index in [4.69, 9.17) is 9.47 Å². The maximum Gasteiger partial charge on any atom is 0.174 e. The smallest absolute Gasteiger partial charge is 0.174 e. The van der Waals surface area contributed by atoms with Crippen LogP contribution < -0.4 is 0 Å². The Morgan fingerprint density at radius 3 is 2.62 bits per heavy atom. The molecule has 1 heterocycles. The van der Waals surface area contributed by atoms with Crippen molar-refractivity contribution in [3.05, 3.63) is 35.9 Å². The Hall–Kier alpha value is -1.56. The third-order valence-electron chi connectivity index (χ3n) is 3.95. The van der Waals surface area contributed by atoms with Gasteiger partial charge in [0, 0.05) is 19.1 Å². The maximum absolute atomic E-state index is 12.3. The van der Waals surface area contributed by atoms with Gasteiger partial charge >= 0.3 is 0 Å². The van der Waals surface area contributed by atoms with E-state index in [0.717, 1.165) is 0 Å². The topological polar surface area (TPSA) is 72.8 Å². The number of aliphatic hydroxyl groups is 1. The molecule has 3 atom stereocenters. The molecule has 0 saturated carbocycles. The molecule has 0 radical (unpaired) electrons. The van der Waals surface area contributed by atoms with Crippen molar-refractivity contribution in [2.75, 3.05) is 7.11 Å². The molecule has 0 aromatic heterocycles. The third-order valence-corrected chi connectivity index (χ3v) is 3.95. The van der Waals surface area contributed by atoms with Crippen LogP contribution in [0.25, 0.3) is 0 Å². The average molecular weight is 292 g/mol. The van der Waals surface area contributed by atoms with E-state index < -0.39 is 23.8 Å². The van der Waals surface area contributed by atoms with Crippen molar-refractivity contribution in [2.45, 2.75) is 44.2 Å². The first-order valence-corrected chi connectivity index (χ1v) is 6.99. The predicted molar refractivity (Wildman–Crippen MR) is 75.9 cm³/mol. The number of benzene rings is 1. The Balaban J connectivity index is 2.04. The minimum absolute atomic E-state index is 0.230. The fourth-order valence-electron chi connectivity index (χ4n) is 2.51. The van der Waals surface area contributed by atoms with E-state index in [0.29, 0.717) is 12.0 Å². The van der Waals surface area contributed by atoms with Gasteiger partial charge in [-0.2, -0.15) is 0 Å². The molecule has 1 fully saturated rings. The fourth-order valence-corrected chi connectivity index (χ4v) is 2.51. The molecule has 1 saturated heterocycles. The van der Waals surface area contributed by atoms with Crippen molar-refractivity contribution in [1.82, 2.24) is 0 Å². The van der Waals surface area contributed by atoms with Crippen LogP contribution in [-0.2, 0) is 14.3 Å². The lowest BCUT2D eigenvalue weighted by Crippen LogP contribution is -2.54. The zero-order valence-electron chi connectivity index (χ0n) is 12.2. The van der Waals surface area contributed by atoms with E-state index in [2.05, 4.69) is 0 Å². The summed E-state index contributed by atoms with van der Waals surface area (Å²) in [6.45, 7) is 1.62. The van der Waals surface area contributed by atoms with Gasteiger partial charge in [0.05, 0.1) is 12.5 Å². The molecule has 1 aliphatic rings. The summed E-state index contributed by atoms with van der Waals surface area (Å²) in [5, 5.41) is 10.5. The number of ketones is 2. The third kappa shape index (κ3) is 3.37. The standard InChI is InChI=1S/C16H20O5/c1-11-16(19,9-8-15(20-2)21-11)14(18)10-13(17)12-6-4-3-5-7-12/h3-7,11,15,19H,8-10H2,1-2H3/t11-,15-,16-/m0/s1. The Morgan fingerprint density at radius 1 is 1.38 bits per heavy atom. The normalized spacial score (nSPS) is 29.1. The van der Waals surface area contributed by atoms with Crippen LogP contribution in [0.15, 0.2) is 30.3 Å². The monoisotopic (exact) mass is 292 g/mol. The van der Waals surface area contributed by atoms with Crippen molar-refractivity contribution in [3.8, 4) is 0 Å². The van der Waals surface area contributed by atoms with Crippen molar-refractivity contribution in [2.24, 2.45) is 0 Å². The van der Waals surface area contributed by atoms with Gasteiger partial charge in [0.25, 0.3) is 0 Å². The fraction of sp³-hybridized carbons (Fsp3) is 0.500. The van der Waals surface area contributed by atoms with Crippen LogP contribution in [0.2, 0.25) is 0 Å². The molecule has 0 aliphatic carbocycles. The SMILES string of the molecule is CO[C@@H]1CC[C@@](O)(C(=O)CC(=O)c2ccccc2)[C@H](C)O1. The van der Waals surface area contributed by atoms with E-state index in [9.17, 15) is 14.7 Å². The van der Waals surface area contributed by atoms with E-state index in [1.54, 1.807) is 37.3 Å². The number of ether oxygens (including phenoxy) is 2. The number of hydrogen-bond acceptors (Lipinski definition) is 5. The Bertz CT molecular complexity index is 513. The summed E-state index contributed by atoms with van der Waals surface area (Å²) in [5.41, 5.74) is -1.16. The first kappa shape index (κ1) is 15.8. The molecule has 0 amide bonds. The highest BCUT2D eigenvalue weighted by atomic mass is 16.7. The van der Waals surface area contributed by atoms with Crippen molar-refractivity contribution < 1.29 is 24.2 Å². The van der Waals surface area contributed by atoms with Crippen molar-refractivity contribution in [3.63, 3.8) is 0 Å². The molecular formula is C16H20O5. The molecule has 1 aromatic rings. The summed E-state index contributed by atoms with van der Waals surface area (Å²) in [5.74, 6) is -0.798. The van der Waals surface area contributed by atoms with Crippen LogP contribution in [0.5, 0.6) is 0 Å². The maximum atomic E-state index is 12.3. The van der Waals surface area contributed by atoms with Gasteiger partial charge in [-0.05, 0) is 13.3 Å². The number of methoxy groups -OCH3 is 1. The summed E-state index contributed by atoms with van der Waals surface area (Å²) in [4.78, 5) is 24.4. The second-order valence-electron chi connectivity index (χ2n) is 5.30. The lowest BCUT2D eigenvalue weighted by atomic mass is 9.83. The minimum Gasteiger partial charge on any atom is -0.379 e. The number of carbonyl (C=O) groups excluding carboxylic acids is 2. The highest BCUT2D eigenvalue weighted by molar-refractivity contribution is 6.10. The Labute approximate surface area is 123 Å². The number of carbonyl (C=O) groups is 2. The first-order chi connectivity index (χ1) is 9.97. The molecule has 1 aliphatic heterocycles. The lowest BCUT2D eigenvalue weighted by Gasteiger charge is -2.39. The second-order valence-corrected chi connectivity index (χ2v) is 5.30. The summed E-state index contributed by atoms with van der Waals surface area (Å²) in [6, 6.07) is 8.58.